The molecule has 0 N–H and O–H groups in total. The minimum atomic E-state index is -1.26. The zero-order valence-corrected chi connectivity index (χ0v) is 12.7. The summed E-state index contributed by atoms with van der Waals surface area (Å²) in [4.78, 5) is 0. The molecular weight excluding hydrogens is 257 g/mol. The molecule has 0 atom stereocenters. The van der Waals surface area contributed by atoms with E-state index in [9.17, 15) is 0 Å². The third kappa shape index (κ3) is 4.08. The van der Waals surface area contributed by atoms with E-state index in [1.54, 1.807) is 19.7 Å². The number of rotatable bonds is 6. The molecule has 0 nitrogen and oxygen atoms in total. The maximum absolute atomic E-state index is 2.34. The Bertz CT molecular complexity index is 123. The van der Waals surface area contributed by atoms with Crippen LogP contribution in [0.3, 0.4) is 0 Å². The van der Waals surface area contributed by atoms with Gasteiger partial charge in [-0.15, -0.1) is 0 Å². The summed E-state index contributed by atoms with van der Waals surface area (Å²) in [7, 11) is 4.36. The molecule has 0 aliphatic carbocycles. The first-order valence-corrected chi connectivity index (χ1v) is 14.0. The van der Waals surface area contributed by atoms with Crippen LogP contribution < -0.4 is 0 Å². The zero-order chi connectivity index (χ0) is 9.57. The van der Waals surface area contributed by atoms with Crippen molar-refractivity contribution < 1.29 is 0 Å². The third-order valence-corrected chi connectivity index (χ3v) is 23.9. The van der Waals surface area contributed by atoms with Gasteiger partial charge in [0.05, 0.1) is 0 Å². The first-order chi connectivity index (χ1) is 6.33. The van der Waals surface area contributed by atoms with Crippen molar-refractivity contribution in [2.45, 2.75) is 50.0 Å². The number of hydrogen-bond acceptors (Lipinski definition) is 2. The van der Waals surface area contributed by atoms with Crippen molar-refractivity contribution in [3.63, 3.8) is 0 Å². The van der Waals surface area contributed by atoms with E-state index in [1.807, 2.05) is 0 Å². The Hall–Kier alpha value is 1.24. The van der Waals surface area contributed by atoms with Gasteiger partial charge in [-0.2, -0.15) is 0 Å². The molecule has 0 bridgehead atoms. The molecular formula is C10H22GeS2. The van der Waals surface area contributed by atoms with Crippen LogP contribution in [0, 0.1) is 0 Å². The third-order valence-electron chi connectivity index (χ3n) is 2.93. The predicted molar refractivity (Wildman–Crippen MR) is 70.1 cm³/mol. The first-order valence-electron chi connectivity index (χ1n) is 5.57. The fourth-order valence-electron chi connectivity index (χ4n) is 1.89. The minimum absolute atomic E-state index is 1.26. The monoisotopic (exact) mass is 280 g/mol. The van der Waals surface area contributed by atoms with Crippen molar-refractivity contribution in [3.8, 4) is 0 Å². The van der Waals surface area contributed by atoms with Gasteiger partial charge in [0.15, 0.2) is 0 Å². The fraction of sp³-hybridized carbons (Fsp3) is 1.00. The summed E-state index contributed by atoms with van der Waals surface area (Å²) in [5.74, 6) is 0. The van der Waals surface area contributed by atoms with Crippen LogP contribution in [0.5, 0.6) is 0 Å². The van der Waals surface area contributed by atoms with Crippen molar-refractivity contribution in [2.24, 2.45) is 0 Å². The van der Waals surface area contributed by atoms with Gasteiger partial charge in [0.1, 0.15) is 0 Å². The molecule has 0 amide bonds. The van der Waals surface area contributed by atoms with Crippen LogP contribution in [0.1, 0.15) is 39.5 Å². The quantitative estimate of drug-likeness (QED) is 0.518. The Morgan fingerprint density at radius 1 is 0.923 bits per heavy atom. The van der Waals surface area contributed by atoms with Gasteiger partial charge in [0.2, 0.25) is 0 Å². The standard InChI is InChI=1S/C10H22GeS2/c1-3-5-7-11(8-6-4-2)9-12-13-10-11/h3-10H2,1-2H3. The first kappa shape index (κ1) is 12.3. The summed E-state index contributed by atoms with van der Waals surface area (Å²) >= 11 is -1.26. The summed E-state index contributed by atoms with van der Waals surface area (Å²) in [6, 6.07) is 0. The van der Waals surface area contributed by atoms with Crippen LogP contribution in [0.4, 0.5) is 0 Å². The van der Waals surface area contributed by atoms with E-state index >= 15 is 0 Å². The van der Waals surface area contributed by atoms with Gasteiger partial charge in [0, 0.05) is 0 Å². The molecule has 0 unspecified atom stereocenters. The van der Waals surface area contributed by atoms with Gasteiger partial charge < -0.3 is 0 Å². The predicted octanol–water partition coefficient (Wildman–Crippen LogP) is 4.51. The van der Waals surface area contributed by atoms with E-state index < -0.39 is 13.3 Å². The Morgan fingerprint density at radius 3 is 1.77 bits per heavy atom. The van der Waals surface area contributed by atoms with Crippen LogP contribution in [0.15, 0.2) is 0 Å². The SMILES string of the molecule is CCC[CH2][Ge]1([CH2]CCC)[CH2]SS[CH2]1. The van der Waals surface area contributed by atoms with Gasteiger partial charge in [-0.05, 0) is 0 Å². The second-order valence-corrected chi connectivity index (χ2v) is 18.7. The molecule has 0 aromatic rings. The molecule has 78 valence electrons. The van der Waals surface area contributed by atoms with E-state index in [2.05, 4.69) is 35.4 Å². The molecule has 1 saturated heterocycles. The summed E-state index contributed by atoms with van der Waals surface area (Å²) in [5, 5.41) is 3.33. The Labute approximate surface area is 93.8 Å². The molecule has 1 aliphatic heterocycles. The summed E-state index contributed by atoms with van der Waals surface area (Å²) in [6.45, 7) is 4.68. The van der Waals surface area contributed by atoms with Gasteiger partial charge >= 0.3 is 94.1 Å². The number of unbranched alkanes of at least 4 members (excludes halogenated alkanes) is 2. The molecule has 3 heteroatoms. The number of hydrogen-bond donors (Lipinski definition) is 0. The Balaban J connectivity index is 2.33. The molecule has 1 aliphatic rings. The fourth-order valence-corrected chi connectivity index (χ4v) is 28.4. The Kier molecular flexibility index (Phi) is 6.32. The van der Waals surface area contributed by atoms with Gasteiger partial charge in [-0.3, -0.25) is 0 Å². The van der Waals surface area contributed by atoms with Crippen molar-refractivity contribution in [1.29, 1.82) is 0 Å². The van der Waals surface area contributed by atoms with E-state index in [0.717, 1.165) is 0 Å². The van der Waals surface area contributed by atoms with Gasteiger partial charge in [-0.25, -0.2) is 0 Å². The summed E-state index contributed by atoms with van der Waals surface area (Å²) in [5.41, 5.74) is 0. The summed E-state index contributed by atoms with van der Waals surface area (Å²) < 4.78 is 3.20. The van der Waals surface area contributed by atoms with E-state index in [4.69, 9.17) is 0 Å². The molecule has 0 radical (unpaired) electrons. The van der Waals surface area contributed by atoms with Crippen LogP contribution in [-0.2, 0) is 0 Å². The van der Waals surface area contributed by atoms with E-state index in [-0.39, 0.29) is 0 Å². The second-order valence-electron chi connectivity index (χ2n) is 4.23. The molecule has 1 rings (SSSR count). The van der Waals surface area contributed by atoms with Crippen molar-refractivity contribution in [1.82, 2.24) is 0 Å². The average Bonchev–Trinajstić information content (AvgIpc) is 2.61. The molecule has 0 aromatic heterocycles. The molecule has 0 spiro atoms. The average molecular weight is 279 g/mol. The van der Waals surface area contributed by atoms with Crippen molar-refractivity contribution in [2.75, 3.05) is 9.17 Å². The maximum atomic E-state index is 2.34. The summed E-state index contributed by atoms with van der Waals surface area (Å²) in [6.07, 6.45) is 5.86. The topological polar surface area (TPSA) is 0 Å². The van der Waals surface area contributed by atoms with Crippen LogP contribution in [-0.4, -0.2) is 22.4 Å². The Morgan fingerprint density at radius 2 is 1.38 bits per heavy atom. The zero-order valence-electron chi connectivity index (χ0n) is 8.97. The van der Waals surface area contributed by atoms with E-state index in [0.29, 0.717) is 0 Å². The van der Waals surface area contributed by atoms with Crippen molar-refractivity contribution in [3.05, 3.63) is 0 Å². The second kappa shape index (κ2) is 6.68. The van der Waals surface area contributed by atoms with Gasteiger partial charge in [-0.1, -0.05) is 0 Å². The molecule has 1 fully saturated rings. The molecule has 0 saturated carbocycles. The normalized spacial score (nSPS) is 20.8. The van der Waals surface area contributed by atoms with E-state index in [1.165, 1.54) is 25.7 Å². The molecule has 13 heavy (non-hydrogen) atoms. The van der Waals surface area contributed by atoms with Crippen LogP contribution in [0.2, 0.25) is 10.5 Å². The molecule has 0 aromatic carbocycles. The van der Waals surface area contributed by atoms with Crippen molar-refractivity contribution >= 4 is 34.9 Å². The van der Waals surface area contributed by atoms with Crippen LogP contribution in [0.25, 0.3) is 0 Å². The molecule has 1 heterocycles. The van der Waals surface area contributed by atoms with Gasteiger partial charge in [0.25, 0.3) is 0 Å². The van der Waals surface area contributed by atoms with Crippen LogP contribution >= 0.6 is 21.6 Å².